The number of nitrogens with one attached hydrogen (secondary N) is 2. The first-order chi connectivity index (χ1) is 32.6. The molecule has 67 heavy (non-hydrogen) atoms. The van der Waals surface area contributed by atoms with Gasteiger partial charge < -0.3 is 29.8 Å². The van der Waals surface area contributed by atoms with E-state index in [1.54, 1.807) is 35.2 Å². The van der Waals surface area contributed by atoms with Gasteiger partial charge in [-0.2, -0.15) is 0 Å². The molecule has 0 saturated heterocycles. The molecule has 1 atom stereocenters. The van der Waals surface area contributed by atoms with E-state index in [4.69, 9.17) is 9.15 Å². The Morgan fingerprint density at radius 2 is 1.60 bits per heavy atom. The van der Waals surface area contributed by atoms with Gasteiger partial charge in [0.25, 0.3) is 0 Å². The first-order valence-electron chi connectivity index (χ1n) is 23.0. The van der Waals surface area contributed by atoms with E-state index in [9.17, 15) is 29.1 Å². The minimum Gasteiger partial charge on any atom is -0.508 e. The van der Waals surface area contributed by atoms with Crippen molar-refractivity contribution < 1.29 is 33.4 Å². The van der Waals surface area contributed by atoms with Gasteiger partial charge in [-0.05, 0) is 86.2 Å². The summed E-state index contributed by atoms with van der Waals surface area (Å²) in [6, 6.07) is 32.5. The van der Waals surface area contributed by atoms with E-state index < -0.39 is 5.97 Å². The zero-order valence-corrected chi connectivity index (χ0v) is 37.8. The lowest BCUT2D eigenvalue weighted by Crippen LogP contribution is -2.35. The van der Waals surface area contributed by atoms with Crippen LogP contribution < -0.4 is 21.0 Å². The number of esters is 1. The molecule has 3 aliphatic rings. The molecule has 4 aromatic carbocycles. The summed E-state index contributed by atoms with van der Waals surface area (Å²) in [5.74, 6) is -0.450. The van der Waals surface area contributed by atoms with Gasteiger partial charge in [0, 0.05) is 77.8 Å². The maximum absolute atomic E-state index is 13.9. The van der Waals surface area contributed by atoms with Crippen LogP contribution in [0, 0.1) is 0 Å². The van der Waals surface area contributed by atoms with Crippen molar-refractivity contribution in [3.8, 4) is 50.7 Å². The molecule has 3 amide bonds. The van der Waals surface area contributed by atoms with E-state index in [0.717, 1.165) is 87.9 Å². The lowest BCUT2D eigenvalue weighted by molar-refractivity contribution is -0.149. The molecular formula is C53H54N6O8. The highest BCUT2D eigenvalue weighted by Crippen LogP contribution is 2.43. The van der Waals surface area contributed by atoms with Gasteiger partial charge in [-0.3, -0.25) is 24.0 Å². The van der Waals surface area contributed by atoms with E-state index in [1.807, 2.05) is 79.2 Å². The molecule has 14 heteroatoms. The summed E-state index contributed by atoms with van der Waals surface area (Å²) in [5.41, 5.74) is 8.28. The van der Waals surface area contributed by atoms with Gasteiger partial charge in [0.05, 0.1) is 30.5 Å². The molecule has 0 saturated carbocycles. The average Bonchev–Trinajstić information content (AvgIpc) is 3.73. The van der Waals surface area contributed by atoms with Crippen LogP contribution in [-0.4, -0.2) is 56.4 Å². The molecule has 3 N–H and O–H groups in total. The van der Waals surface area contributed by atoms with E-state index in [2.05, 4.69) is 20.9 Å². The molecule has 1 unspecified atom stereocenters. The van der Waals surface area contributed by atoms with Crippen molar-refractivity contribution in [2.75, 3.05) is 16.8 Å². The number of phenolic OH excluding ortho intramolecular Hbond substituents is 1. The molecule has 1 aliphatic carbocycles. The standard InChI is InChI=1S/C53H54N6O8/c1-3-4-17-47(62)54-29-28-49(64)58-33-36-13-7-8-14-40(36)52-53(41-15-9-10-16-44(41)58)59(57-56-52)30-11-5-6-12-34(2)66-50(65)27-26-48(63)55-37-20-18-35(19-21-37)51-42-24-22-38(60)31-45(42)67-46-32-39(61)23-25-43(46)51/h7-10,13-16,18-25,31-32,34,60H,3-6,11-12,17,26-30,33H2,1-2H3,(H,54,62)(H,55,63). The Kier molecular flexibility index (Phi) is 14.5. The van der Waals surface area contributed by atoms with Crippen molar-refractivity contribution in [1.82, 2.24) is 20.3 Å². The minimum absolute atomic E-state index is 0.0388. The number of benzene rings is 5. The lowest BCUT2D eigenvalue weighted by atomic mass is 9.93. The first kappa shape index (κ1) is 45.9. The topological polar surface area (TPSA) is 186 Å². The molecule has 3 heterocycles. The van der Waals surface area contributed by atoms with Crippen LogP contribution in [0.4, 0.5) is 11.4 Å². The number of carbonyl (C=O) groups is 4. The van der Waals surface area contributed by atoms with Crippen LogP contribution >= 0.6 is 0 Å². The number of unbranched alkanes of at least 4 members (excludes halogenated alkanes) is 3. The molecule has 0 radical (unpaired) electrons. The van der Waals surface area contributed by atoms with Gasteiger partial charge in [0.1, 0.15) is 22.8 Å². The van der Waals surface area contributed by atoms with Crippen molar-refractivity contribution in [1.29, 1.82) is 0 Å². The van der Waals surface area contributed by atoms with E-state index >= 15 is 0 Å². The van der Waals surface area contributed by atoms with Crippen LogP contribution in [0.5, 0.6) is 5.75 Å². The van der Waals surface area contributed by atoms with Crippen LogP contribution in [-0.2, 0) is 37.0 Å². The van der Waals surface area contributed by atoms with Gasteiger partial charge >= 0.3 is 5.97 Å². The smallest absolute Gasteiger partial charge is 0.306 e. The number of rotatable bonds is 18. The number of fused-ring (bicyclic) bond motifs is 7. The number of para-hydroxylation sites is 1. The highest BCUT2D eigenvalue weighted by atomic mass is 16.5. The largest absolute Gasteiger partial charge is 0.508 e. The molecule has 344 valence electrons. The Bertz CT molecular complexity index is 2940. The number of hydrogen-bond acceptors (Lipinski definition) is 10. The zero-order valence-electron chi connectivity index (χ0n) is 37.8. The molecule has 0 fully saturated rings. The number of aryl methyl sites for hydroxylation is 1. The Labute approximate surface area is 388 Å². The molecule has 0 spiro atoms. The Morgan fingerprint density at radius 1 is 0.806 bits per heavy atom. The van der Waals surface area contributed by atoms with Gasteiger partial charge in [0.15, 0.2) is 5.43 Å². The third-order valence-corrected chi connectivity index (χ3v) is 12.0. The van der Waals surface area contributed by atoms with E-state index in [1.165, 1.54) is 18.2 Å². The molecule has 8 rings (SSSR count). The fourth-order valence-electron chi connectivity index (χ4n) is 8.61. The maximum atomic E-state index is 13.9. The molecule has 1 aromatic heterocycles. The number of nitrogens with zero attached hydrogens (tertiary/aromatic N) is 4. The number of amides is 3. The van der Waals surface area contributed by atoms with Gasteiger partial charge in [-0.1, -0.05) is 79.6 Å². The Hall–Kier alpha value is -7.61. The van der Waals surface area contributed by atoms with Gasteiger partial charge in [-0.25, -0.2) is 4.68 Å². The van der Waals surface area contributed by atoms with E-state index in [-0.39, 0.29) is 60.8 Å². The maximum Gasteiger partial charge on any atom is 0.306 e. The van der Waals surface area contributed by atoms with Crippen LogP contribution in [0.15, 0.2) is 118 Å². The average molecular weight is 903 g/mol. The second kappa shape index (κ2) is 21.1. The predicted octanol–water partition coefficient (Wildman–Crippen LogP) is 9.65. The zero-order chi connectivity index (χ0) is 46.9. The molecule has 14 nitrogen and oxygen atoms in total. The molecular weight excluding hydrogens is 849 g/mol. The monoisotopic (exact) mass is 902 g/mol. The summed E-state index contributed by atoms with van der Waals surface area (Å²) >= 11 is 0. The molecule has 0 bridgehead atoms. The fraction of sp³-hybridized carbons (Fsp3) is 0.302. The predicted molar refractivity (Wildman–Crippen MR) is 257 cm³/mol. The SMILES string of the molecule is CCCCC(=O)NCCC(=O)N1Cc2ccccc2-c2nnn(CCCCCC(C)OC(=O)CCC(=O)Nc3ccc(-c4c5ccc(=O)cc-5oc5cc(O)ccc45)cc3)c2-c2ccccc21. The van der Waals surface area contributed by atoms with Crippen molar-refractivity contribution in [2.24, 2.45) is 0 Å². The number of hydrogen-bond donors (Lipinski definition) is 3. The van der Waals surface area contributed by atoms with Gasteiger partial charge in [0.2, 0.25) is 17.7 Å². The fourth-order valence-corrected chi connectivity index (χ4v) is 8.61. The van der Waals surface area contributed by atoms with Crippen LogP contribution in [0.2, 0.25) is 0 Å². The van der Waals surface area contributed by atoms with Crippen molar-refractivity contribution in [3.63, 3.8) is 0 Å². The second-order valence-corrected chi connectivity index (χ2v) is 17.0. The number of aromatic hydroxyl groups is 1. The number of ether oxygens (including phenoxy) is 1. The highest BCUT2D eigenvalue weighted by Gasteiger charge is 2.29. The summed E-state index contributed by atoms with van der Waals surface area (Å²) in [6.07, 6.45) is 5.05. The summed E-state index contributed by atoms with van der Waals surface area (Å²) in [5, 5.41) is 25.9. The van der Waals surface area contributed by atoms with Crippen molar-refractivity contribution in [3.05, 3.63) is 125 Å². The third-order valence-electron chi connectivity index (χ3n) is 12.0. The number of phenols is 1. The van der Waals surface area contributed by atoms with Crippen molar-refractivity contribution in [2.45, 2.75) is 97.2 Å². The van der Waals surface area contributed by atoms with Crippen LogP contribution in [0.3, 0.4) is 0 Å². The quantitative estimate of drug-likeness (QED) is 0.0425. The number of carbonyl (C=O) groups excluding carboxylic acids is 4. The second-order valence-electron chi connectivity index (χ2n) is 17.0. The first-order valence-corrected chi connectivity index (χ1v) is 23.0. The Morgan fingerprint density at radius 3 is 2.42 bits per heavy atom. The highest BCUT2D eigenvalue weighted by molar-refractivity contribution is 6.03. The lowest BCUT2D eigenvalue weighted by Gasteiger charge is -2.29. The minimum atomic E-state index is -0.442. The number of anilines is 2. The normalized spacial score (nSPS) is 12.4. The molecule has 5 aromatic rings. The molecule has 2 aliphatic heterocycles. The van der Waals surface area contributed by atoms with Gasteiger partial charge in [-0.15, -0.1) is 5.10 Å². The third kappa shape index (κ3) is 10.9. The van der Waals surface area contributed by atoms with E-state index in [0.29, 0.717) is 43.0 Å². The summed E-state index contributed by atoms with van der Waals surface area (Å²) in [7, 11) is 0. The Balaban J connectivity index is 0.819. The summed E-state index contributed by atoms with van der Waals surface area (Å²) in [4.78, 5) is 65.6. The number of aromatic nitrogens is 3. The summed E-state index contributed by atoms with van der Waals surface area (Å²) in [6.45, 7) is 5.12. The van der Waals surface area contributed by atoms with Crippen LogP contribution in [0.1, 0.15) is 83.6 Å². The summed E-state index contributed by atoms with van der Waals surface area (Å²) < 4.78 is 13.5. The van der Waals surface area contributed by atoms with Crippen LogP contribution in [0.25, 0.3) is 55.9 Å². The van der Waals surface area contributed by atoms with Crippen molar-refractivity contribution >= 4 is 46.0 Å².